The summed E-state index contributed by atoms with van der Waals surface area (Å²) in [4.78, 5) is 14.9. The smallest absolute Gasteiger partial charge is 0.222 e. The molecular weight excluding hydrogens is 486 g/mol. The minimum absolute atomic E-state index is 0.0942. The normalized spacial score (nSPS) is 14.3. The molecule has 192 valence electrons. The third kappa shape index (κ3) is 4.95. The second-order valence-electron chi connectivity index (χ2n) is 9.86. The standard InChI is InChI=1S/C29H26F2N6O/c1-29(2,38)11-8-18-4-5-19(16-22(18)30)25-26(20-6-7-24(33-3)23(31)17-20)35-28(37-15-12-34-27(25)37)36-13-9-21(32)10-14-36/h4-7,12,15-17,21,38H,9-10,13-14,32H2,1-2H3. The Bertz CT molecular complexity index is 1630. The molecule has 1 aliphatic heterocycles. The Morgan fingerprint density at radius 3 is 2.47 bits per heavy atom. The molecule has 0 atom stereocenters. The van der Waals surface area contributed by atoms with Gasteiger partial charge in [0.1, 0.15) is 22.9 Å². The number of imidazole rings is 1. The Morgan fingerprint density at radius 1 is 1.11 bits per heavy atom. The van der Waals surface area contributed by atoms with Crippen LogP contribution in [0.15, 0.2) is 48.8 Å². The van der Waals surface area contributed by atoms with Gasteiger partial charge in [-0.2, -0.15) is 0 Å². The number of benzene rings is 2. The molecule has 9 heteroatoms. The van der Waals surface area contributed by atoms with E-state index in [-0.39, 0.29) is 17.3 Å². The number of anilines is 1. The van der Waals surface area contributed by atoms with E-state index in [2.05, 4.69) is 26.6 Å². The van der Waals surface area contributed by atoms with Crippen LogP contribution in [-0.4, -0.2) is 44.2 Å². The molecule has 3 N–H and O–H groups in total. The number of piperidine rings is 1. The molecule has 0 radical (unpaired) electrons. The van der Waals surface area contributed by atoms with Crippen LogP contribution in [0, 0.1) is 30.0 Å². The van der Waals surface area contributed by atoms with Crippen LogP contribution < -0.4 is 10.6 Å². The number of nitrogens with zero attached hydrogens (tertiary/aromatic N) is 5. The molecular formula is C29H26F2N6O. The van der Waals surface area contributed by atoms with Gasteiger partial charge in [-0.05, 0) is 50.5 Å². The maximum Gasteiger partial charge on any atom is 0.222 e. The number of aliphatic hydroxyl groups is 1. The fourth-order valence-corrected chi connectivity index (χ4v) is 4.50. The van der Waals surface area contributed by atoms with Gasteiger partial charge in [0.25, 0.3) is 0 Å². The fourth-order valence-electron chi connectivity index (χ4n) is 4.50. The van der Waals surface area contributed by atoms with E-state index < -0.39 is 17.2 Å². The fraction of sp³-hybridized carbons (Fsp3) is 0.276. The first-order valence-electron chi connectivity index (χ1n) is 12.2. The molecule has 4 aromatic rings. The van der Waals surface area contributed by atoms with Crippen molar-refractivity contribution >= 4 is 17.3 Å². The lowest BCUT2D eigenvalue weighted by Gasteiger charge is -2.32. The predicted molar refractivity (Wildman–Crippen MR) is 143 cm³/mol. The zero-order valence-corrected chi connectivity index (χ0v) is 21.0. The molecule has 0 aliphatic carbocycles. The molecule has 0 spiro atoms. The van der Waals surface area contributed by atoms with Crippen molar-refractivity contribution in [3.05, 3.63) is 77.4 Å². The van der Waals surface area contributed by atoms with Crippen molar-refractivity contribution in [2.45, 2.75) is 38.3 Å². The van der Waals surface area contributed by atoms with Crippen molar-refractivity contribution in [1.82, 2.24) is 14.4 Å². The van der Waals surface area contributed by atoms with E-state index in [1.54, 1.807) is 24.5 Å². The first kappa shape index (κ1) is 25.3. The van der Waals surface area contributed by atoms with E-state index in [1.807, 2.05) is 4.40 Å². The third-order valence-electron chi connectivity index (χ3n) is 6.45. The third-order valence-corrected chi connectivity index (χ3v) is 6.45. The van der Waals surface area contributed by atoms with Crippen molar-refractivity contribution in [3.8, 4) is 34.2 Å². The van der Waals surface area contributed by atoms with Crippen LogP contribution in [0.25, 0.3) is 32.9 Å². The van der Waals surface area contributed by atoms with E-state index in [0.717, 1.165) is 12.8 Å². The van der Waals surface area contributed by atoms with Gasteiger partial charge in [0, 0.05) is 37.1 Å². The number of nitrogens with two attached hydrogens (primary N) is 1. The number of hydrogen-bond acceptors (Lipinski definition) is 5. The zero-order valence-electron chi connectivity index (χ0n) is 21.0. The molecule has 38 heavy (non-hydrogen) atoms. The molecule has 0 bridgehead atoms. The Morgan fingerprint density at radius 2 is 1.82 bits per heavy atom. The van der Waals surface area contributed by atoms with Crippen molar-refractivity contribution < 1.29 is 13.9 Å². The quantitative estimate of drug-likeness (QED) is 0.300. The van der Waals surface area contributed by atoms with E-state index in [9.17, 15) is 9.50 Å². The largest absolute Gasteiger partial charge is 0.378 e. The highest BCUT2D eigenvalue weighted by molar-refractivity contribution is 5.91. The summed E-state index contributed by atoms with van der Waals surface area (Å²) >= 11 is 0. The van der Waals surface area contributed by atoms with Crippen LogP contribution in [0.1, 0.15) is 32.3 Å². The molecule has 0 unspecified atom stereocenters. The lowest BCUT2D eigenvalue weighted by atomic mass is 9.98. The molecule has 3 heterocycles. The number of rotatable bonds is 3. The minimum Gasteiger partial charge on any atom is -0.378 e. The molecule has 1 saturated heterocycles. The molecule has 0 saturated carbocycles. The molecule has 2 aromatic carbocycles. The molecule has 2 aromatic heterocycles. The van der Waals surface area contributed by atoms with Crippen molar-refractivity contribution in [2.75, 3.05) is 18.0 Å². The number of aromatic nitrogens is 3. The van der Waals surface area contributed by atoms with Gasteiger partial charge < -0.3 is 15.7 Å². The number of halogens is 2. The summed E-state index contributed by atoms with van der Waals surface area (Å²) in [6.45, 7) is 11.6. The zero-order chi connectivity index (χ0) is 27.0. The summed E-state index contributed by atoms with van der Waals surface area (Å²) < 4.78 is 31.8. The van der Waals surface area contributed by atoms with Crippen molar-refractivity contribution in [2.24, 2.45) is 5.73 Å². The maximum absolute atomic E-state index is 15.2. The van der Waals surface area contributed by atoms with Crippen LogP contribution in [0.3, 0.4) is 0 Å². The van der Waals surface area contributed by atoms with Gasteiger partial charge in [-0.15, -0.1) is 0 Å². The number of fused-ring (bicyclic) bond motifs is 1. The maximum atomic E-state index is 15.2. The highest BCUT2D eigenvalue weighted by Gasteiger charge is 2.25. The molecule has 7 nitrogen and oxygen atoms in total. The van der Waals surface area contributed by atoms with Gasteiger partial charge in [-0.3, -0.25) is 4.40 Å². The van der Waals surface area contributed by atoms with E-state index in [1.165, 1.54) is 38.1 Å². The summed E-state index contributed by atoms with van der Waals surface area (Å²) in [5, 5.41) is 9.89. The summed E-state index contributed by atoms with van der Waals surface area (Å²) in [6.07, 6.45) is 5.05. The number of hydrogen-bond donors (Lipinski definition) is 2. The van der Waals surface area contributed by atoms with Crippen molar-refractivity contribution in [3.63, 3.8) is 0 Å². The van der Waals surface area contributed by atoms with E-state index in [4.69, 9.17) is 17.3 Å². The lowest BCUT2D eigenvalue weighted by molar-refractivity contribution is 0.143. The average molecular weight is 513 g/mol. The van der Waals surface area contributed by atoms with Crippen molar-refractivity contribution in [1.29, 1.82) is 0 Å². The van der Waals surface area contributed by atoms with Crippen LogP contribution in [0.2, 0.25) is 0 Å². The average Bonchev–Trinajstić information content (AvgIpc) is 3.37. The molecule has 1 fully saturated rings. The highest BCUT2D eigenvalue weighted by Crippen LogP contribution is 2.38. The van der Waals surface area contributed by atoms with Gasteiger partial charge in [0.05, 0.1) is 23.4 Å². The predicted octanol–water partition coefficient (Wildman–Crippen LogP) is 4.94. The second-order valence-corrected chi connectivity index (χ2v) is 9.86. The second kappa shape index (κ2) is 9.86. The van der Waals surface area contributed by atoms with Crippen LogP contribution in [-0.2, 0) is 0 Å². The summed E-state index contributed by atoms with van der Waals surface area (Å²) in [7, 11) is 0. The topological polar surface area (TPSA) is 84.0 Å². The highest BCUT2D eigenvalue weighted by atomic mass is 19.1. The lowest BCUT2D eigenvalue weighted by Crippen LogP contribution is -2.40. The summed E-state index contributed by atoms with van der Waals surface area (Å²) in [5.74, 6) is 4.70. The van der Waals surface area contributed by atoms with Gasteiger partial charge in [-0.1, -0.05) is 30.0 Å². The Balaban J connectivity index is 1.73. The molecule has 1 aliphatic rings. The Kier molecular flexibility index (Phi) is 6.58. The molecule has 5 rings (SSSR count). The minimum atomic E-state index is -1.26. The Hall–Kier alpha value is -4.31. The SMILES string of the molecule is [C-]#[N+]c1ccc(-c2nc(N3CCC(N)CC3)n3ccnc3c2-c2ccc(C#CC(C)(C)O)c(F)c2)cc1F. The van der Waals surface area contributed by atoms with Gasteiger partial charge >= 0.3 is 0 Å². The van der Waals surface area contributed by atoms with Crippen LogP contribution >= 0.6 is 0 Å². The van der Waals surface area contributed by atoms with Crippen LogP contribution in [0.4, 0.5) is 20.4 Å². The summed E-state index contributed by atoms with van der Waals surface area (Å²) in [5.41, 5.74) is 7.28. The Labute approximate surface area is 219 Å². The van der Waals surface area contributed by atoms with E-state index in [0.29, 0.717) is 47.1 Å². The molecule has 0 amide bonds. The van der Waals surface area contributed by atoms with Gasteiger partial charge in [-0.25, -0.2) is 23.6 Å². The first-order valence-corrected chi connectivity index (χ1v) is 12.2. The van der Waals surface area contributed by atoms with Gasteiger partial charge in [0.2, 0.25) is 11.6 Å². The van der Waals surface area contributed by atoms with Crippen LogP contribution in [0.5, 0.6) is 0 Å². The van der Waals surface area contributed by atoms with Gasteiger partial charge in [0.15, 0.2) is 0 Å². The van der Waals surface area contributed by atoms with E-state index >= 15 is 4.39 Å². The summed E-state index contributed by atoms with van der Waals surface area (Å²) in [6, 6.07) is 9.03. The monoisotopic (exact) mass is 512 g/mol. The first-order chi connectivity index (χ1) is 18.1.